The van der Waals surface area contributed by atoms with E-state index >= 15 is 0 Å². The standard InChI is InChI=1S/C16H17NO2/c18-16(17-9-8-13-7-4-10-19-13)15-11-14(15)12-5-2-1-3-6-12/h1-7,10,14-15H,8-9,11H2,(H,17,18). The molecule has 19 heavy (non-hydrogen) atoms. The number of carbonyl (C=O) groups excluding carboxylic acids is 1. The monoisotopic (exact) mass is 255 g/mol. The Bertz CT molecular complexity index is 533. The molecule has 3 rings (SSSR count). The lowest BCUT2D eigenvalue weighted by Gasteiger charge is -2.03. The van der Waals surface area contributed by atoms with E-state index in [2.05, 4.69) is 17.4 Å². The van der Waals surface area contributed by atoms with E-state index in [-0.39, 0.29) is 11.8 Å². The molecule has 1 amide bonds. The van der Waals surface area contributed by atoms with Crippen LogP contribution in [-0.4, -0.2) is 12.5 Å². The van der Waals surface area contributed by atoms with Gasteiger partial charge in [-0.15, -0.1) is 0 Å². The van der Waals surface area contributed by atoms with Crippen molar-refractivity contribution < 1.29 is 9.21 Å². The molecule has 3 nitrogen and oxygen atoms in total. The van der Waals surface area contributed by atoms with E-state index in [1.54, 1.807) is 6.26 Å². The van der Waals surface area contributed by atoms with Crippen LogP contribution in [0.5, 0.6) is 0 Å². The number of rotatable bonds is 5. The van der Waals surface area contributed by atoms with Crippen LogP contribution >= 0.6 is 0 Å². The third-order valence-electron chi connectivity index (χ3n) is 3.61. The number of amides is 1. The van der Waals surface area contributed by atoms with Gasteiger partial charge in [-0.25, -0.2) is 0 Å². The van der Waals surface area contributed by atoms with Gasteiger partial charge in [0, 0.05) is 18.9 Å². The number of hydrogen-bond donors (Lipinski definition) is 1. The van der Waals surface area contributed by atoms with E-state index in [4.69, 9.17) is 4.42 Å². The summed E-state index contributed by atoms with van der Waals surface area (Å²) in [6, 6.07) is 14.0. The summed E-state index contributed by atoms with van der Waals surface area (Å²) in [4.78, 5) is 12.0. The van der Waals surface area contributed by atoms with Crippen molar-refractivity contribution in [2.45, 2.75) is 18.8 Å². The van der Waals surface area contributed by atoms with Gasteiger partial charge in [-0.1, -0.05) is 30.3 Å². The molecule has 0 saturated heterocycles. The summed E-state index contributed by atoms with van der Waals surface area (Å²) >= 11 is 0. The minimum Gasteiger partial charge on any atom is -0.469 e. The minimum atomic E-state index is 0.152. The zero-order chi connectivity index (χ0) is 13.1. The molecular weight excluding hydrogens is 238 g/mol. The van der Waals surface area contributed by atoms with Crippen molar-refractivity contribution in [1.29, 1.82) is 0 Å². The summed E-state index contributed by atoms with van der Waals surface area (Å²) in [6.07, 6.45) is 3.38. The molecule has 0 bridgehead atoms. The van der Waals surface area contributed by atoms with Gasteiger partial charge in [-0.3, -0.25) is 4.79 Å². The molecule has 0 aliphatic heterocycles. The second-order valence-electron chi connectivity index (χ2n) is 4.98. The van der Waals surface area contributed by atoms with E-state index < -0.39 is 0 Å². The predicted octanol–water partition coefficient (Wildman–Crippen LogP) is 2.74. The maximum Gasteiger partial charge on any atom is 0.223 e. The fourth-order valence-electron chi connectivity index (χ4n) is 2.45. The Morgan fingerprint density at radius 1 is 1.21 bits per heavy atom. The van der Waals surface area contributed by atoms with Gasteiger partial charge in [0.25, 0.3) is 0 Å². The molecule has 98 valence electrons. The van der Waals surface area contributed by atoms with Crippen LogP contribution in [0.25, 0.3) is 0 Å². The normalized spacial score (nSPS) is 21.1. The second-order valence-corrected chi connectivity index (χ2v) is 4.98. The van der Waals surface area contributed by atoms with Crippen LogP contribution in [0.3, 0.4) is 0 Å². The molecule has 2 unspecified atom stereocenters. The van der Waals surface area contributed by atoms with E-state index in [0.29, 0.717) is 12.5 Å². The maximum atomic E-state index is 12.0. The third-order valence-corrected chi connectivity index (χ3v) is 3.61. The number of furan rings is 1. The molecule has 1 aromatic heterocycles. The zero-order valence-electron chi connectivity index (χ0n) is 10.7. The SMILES string of the molecule is O=C(NCCc1ccco1)C1CC1c1ccccc1. The average molecular weight is 255 g/mol. The molecule has 1 heterocycles. The molecule has 1 aliphatic rings. The first kappa shape index (κ1) is 12.0. The lowest BCUT2D eigenvalue weighted by atomic mass is 10.1. The summed E-state index contributed by atoms with van der Waals surface area (Å²) in [6.45, 7) is 0.643. The number of nitrogens with one attached hydrogen (secondary N) is 1. The lowest BCUT2D eigenvalue weighted by Crippen LogP contribution is -2.27. The Balaban J connectivity index is 1.45. The number of hydrogen-bond acceptors (Lipinski definition) is 2. The maximum absolute atomic E-state index is 12.0. The molecule has 3 heteroatoms. The van der Waals surface area contributed by atoms with Gasteiger partial charge in [-0.2, -0.15) is 0 Å². The molecule has 1 aromatic carbocycles. The zero-order valence-corrected chi connectivity index (χ0v) is 10.7. The largest absolute Gasteiger partial charge is 0.469 e. The number of benzene rings is 1. The fourth-order valence-corrected chi connectivity index (χ4v) is 2.45. The van der Waals surface area contributed by atoms with Crippen molar-refractivity contribution in [3.05, 3.63) is 60.1 Å². The Hall–Kier alpha value is -2.03. The van der Waals surface area contributed by atoms with Crippen molar-refractivity contribution in [1.82, 2.24) is 5.32 Å². The molecule has 1 N–H and O–H groups in total. The summed E-state index contributed by atoms with van der Waals surface area (Å²) in [5, 5.41) is 2.98. The lowest BCUT2D eigenvalue weighted by molar-refractivity contribution is -0.122. The molecule has 0 radical (unpaired) electrons. The topological polar surface area (TPSA) is 42.2 Å². The van der Waals surface area contributed by atoms with Crippen molar-refractivity contribution in [2.24, 2.45) is 5.92 Å². The van der Waals surface area contributed by atoms with E-state index in [1.165, 1.54) is 5.56 Å². The molecule has 0 spiro atoms. The first-order valence-corrected chi connectivity index (χ1v) is 6.69. The highest BCUT2D eigenvalue weighted by Crippen LogP contribution is 2.47. The van der Waals surface area contributed by atoms with Gasteiger partial charge in [0.1, 0.15) is 5.76 Å². The molecular formula is C16H17NO2. The second kappa shape index (κ2) is 5.31. The van der Waals surface area contributed by atoms with Crippen LogP contribution in [0.1, 0.15) is 23.7 Å². The van der Waals surface area contributed by atoms with Crippen LogP contribution in [0.2, 0.25) is 0 Å². The molecule has 2 atom stereocenters. The Labute approximate surface area is 112 Å². The van der Waals surface area contributed by atoms with Gasteiger partial charge < -0.3 is 9.73 Å². The highest BCUT2D eigenvalue weighted by atomic mass is 16.3. The molecule has 2 aromatic rings. The van der Waals surface area contributed by atoms with Crippen LogP contribution in [0, 0.1) is 5.92 Å². The average Bonchev–Trinajstić information content (AvgIpc) is 3.09. The smallest absolute Gasteiger partial charge is 0.223 e. The minimum absolute atomic E-state index is 0.152. The van der Waals surface area contributed by atoms with E-state index in [1.807, 2.05) is 30.3 Å². The summed E-state index contributed by atoms with van der Waals surface area (Å²) in [7, 11) is 0. The Kier molecular flexibility index (Phi) is 3.36. The van der Waals surface area contributed by atoms with Crippen molar-refractivity contribution >= 4 is 5.91 Å². The van der Waals surface area contributed by atoms with Gasteiger partial charge in [0.2, 0.25) is 5.91 Å². The van der Waals surface area contributed by atoms with Gasteiger partial charge in [0.05, 0.1) is 6.26 Å². The highest BCUT2D eigenvalue weighted by molar-refractivity contribution is 5.82. The predicted molar refractivity (Wildman–Crippen MR) is 72.7 cm³/mol. The van der Waals surface area contributed by atoms with Crippen LogP contribution in [0.4, 0.5) is 0 Å². The van der Waals surface area contributed by atoms with Crippen molar-refractivity contribution in [3.63, 3.8) is 0 Å². The first-order valence-electron chi connectivity index (χ1n) is 6.69. The third kappa shape index (κ3) is 2.87. The van der Waals surface area contributed by atoms with Crippen LogP contribution in [0.15, 0.2) is 53.1 Å². The number of carbonyl (C=O) groups is 1. The summed E-state index contributed by atoms with van der Waals surface area (Å²) in [5.41, 5.74) is 1.27. The molecule has 1 aliphatic carbocycles. The van der Waals surface area contributed by atoms with E-state index in [0.717, 1.165) is 18.6 Å². The molecule has 1 saturated carbocycles. The van der Waals surface area contributed by atoms with Crippen LogP contribution in [-0.2, 0) is 11.2 Å². The molecule has 1 fully saturated rings. The Morgan fingerprint density at radius 2 is 2.05 bits per heavy atom. The summed E-state index contributed by atoms with van der Waals surface area (Å²) in [5.74, 6) is 1.64. The van der Waals surface area contributed by atoms with Gasteiger partial charge in [-0.05, 0) is 30.0 Å². The fraction of sp³-hybridized carbons (Fsp3) is 0.312. The van der Waals surface area contributed by atoms with Gasteiger partial charge >= 0.3 is 0 Å². The first-order chi connectivity index (χ1) is 9.34. The van der Waals surface area contributed by atoms with Crippen LogP contribution < -0.4 is 5.32 Å². The highest BCUT2D eigenvalue weighted by Gasteiger charge is 2.43. The van der Waals surface area contributed by atoms with Crippen molar-refractivity contribution in [3.8, 4) is 0 Å². The summed E-state index contributed by atoms with van der Waals surface area (Å²) < 4.78 is 5.23. The van der Waals surface area contributed by atoms with Crippen molar-refractivity contribution in [2.75, 3.05) is 6.54 Å². The Morgan fingerprint density at radius 3 is 2.79 bits per heavy atom. The quantitative estimate of drug-likeness (QED) is 0.892. The van der Waals surface area contributed by atoms with Gasteiger partial charge in [0.15, 0.2) is 0 Å². The van der Waals surface area contributed by atoms with E-state index in [9.17, 15) is 4.79 Å².